The summed E-state index contributed by atoms with van der Waals surface area (Å²) in [5.41, 5.74) is 8.01. The molecule has 0 aromatic rings. The van der Waals surface area contributed by atoms with Gasteiger partial charge >= 0.3 is 6.03 Å². The Hall–Kier alpha value is -1.03. The molecule has 4 nitrogen and oxygen atoms in total. The number of urea groups is 1. The average molecular weight is 216 g/mol. The second kappa shape index (κ2) is 5.65. The monoisotopic (exact) mass is 215 g/mol. The second-order valence-electron chi connectivity index (χ2n) is 3.23. The Bertz CT molecular complexity index is 273. The number of primary amides is 1. The van der Waals surface area contributed by atoms with E-state index in [1.165, 1.54) is 6.42 Å². The number of nitrogens with two attached hydrogens (primary N) is 1. The maximum atomic E-state index is 10.3. The normalized spacial score (nSPS) is 18.4. The number of rotatable bonds is 2. The number of nitrogens with zero attached hydrogens (tertiary/aromatic N) is 1. The molecule has 2 amide bonds. The molecule has 0 atom stereocenters. The van der Waals surface area contributed by atoms with Crippen molar-refractivity contribution in [2.45, 2.75) is 32.1 Å². The molecule has 0 saturated carbocycles. The summed E-state index contributed by atoms with van der Waals surface area (Å²) in [6.07, 6.45) is 6.84. The zero-order valence-corrected chi connectivity index (χ0v) is 8.68. The summed E-state index contributed by atoms with van der Waals surface area (Å²) >= 11 is 6.05. The Morgan fingerprint density at radius 3 is 2.86 bits per heavy atom. The maximum Gasteiger partial charge on any atom is 0.332 e. The number of halogens is 1. The third kappa shape index (κ3) is 3.79. The fraction of sp³-hybridized carbons (Fsp3) is 0.556. The minimum atomic E-state index is -0.661. The van der Waals surface area contributed by atoms with Crippen molar-refractivity contribution in [1.82, 2.24) is 5.43 Å². The topological polar surface area (TPSA) is 67.5 Å². The minimum Gasteiger partial charge on any atom is -0.350 e. The van der Waals surface area contributed by atoms with Crippen LogP contribution in [0, 0.1) is 0 Å². The molecule has 0 heterocycles. The van der Waals surface area contributed by atoms with E-state index >= 15 is 0 Å². The average Bonchev–Trinajstić information content (AvgIpc) is 2.31. The van der Waals surface area contributed by atoms with Crippen LogP contribution >= 0.6 is 11.6 Å². The molecule has 14 heavy (non-hydrogen) atoms. The molecular formula is C9H14ClN3O. The number of carbonyl (C=O) groups is 1. The predicted molar refractivity (Wildman–Crippen MR) is 57.2 cm³/mol. The van der Waals surface area contributed by atoms with Crippen LogP contribution in [0.5, 0.6) is 0 Å². The Morgan fingerprint density at radius 2 is 2.14 bits per heavy atom. The van der Waals surface area contributed by atoms with Crippen LogP contribution in [0.1, 0.15) is 32.1 Å². The van der Waals surface area contributed by atoms with Crippen LogP contribution in [0.4, 0.5) is 4.79 Å². The van der Waals surface area contributed by atoms with Gasteiger partial charge < -0.3 is 5.73 Å². The summed E-state index contributed by atoms with van der Waals surface area (Å²) in [5.74, 6) is 0. The van der Waals surface area contributed by atoms with Gasteiger partial charge in [0.05, 0.1) is 6.21 Å². The molecular weight excluding hydrogens is 202 g/mol. The lowest BCUT2D eigenvalue weighted by Gasteiger charge is -1.99. The number of carbonyl (C=O) groups excluding carboxylic acids is 1. The van der Waals surface area contributed by atoms with Crippen molar-refractivity contribution >= 4 is 23.8 Å². The third-order valence-electron chi connectivity index (χ3n) is 2.09. The van der Waals surface area contributed by atoms with Gasteiger partial charge in [0.25, 0.3) is 0 Å². The molecule has 78 valence electrons. The standard InChI is InChI=1S/C9H14ClN3O/c10-8-5-3-1-2-4-7(8)6-12-13-9(11)14/h6H,1-5H2,(H3,11,13,14)/b12-6+. The first kappa shape index (κ1) is 11.0. The SMILES string of the molecule is NC(=O)N/N=C/C1=C(Cl)CCCCC1. The second-order valence-corrected chi connectivity index (χ2v) is 3.68. The first-order chi connectivity index (χ1) is 6.70. The molecule has 0 saturated heterocycles. The molecule has 3 N–H and O–H groups in total. The first-order valence-electron chi connectivity index (χ1n) is 4.66. The van der Waals surface area contributed by atoms with Gasteiger partial charge in [0.1, 0.15) is 0 Å². The lowest BCUT2D eigenvalue weighted by atomic mass is 10.1. The molecule has 1 aliphatic rings. The quantitative estimate of drug-likeness (QED) is 0.538. The molecule has 1 aliphatic carbocycles. The van der Waals surface area contributed by atoms with Crippen LogP contribution in [0.15, 0.2) is 15.7 Å². The van der Waals surface area contributed by atoms with Crippen molar-refractivity contribution in [1.29, 1.82) is 0 Å². The van der Waals surface area contributed by atoms with E-state index in [1.54, 1.807) is 6.21 Å². The first-order valence-corrected chi connectivity index (χ1v) is 5.04. The van der Waals surface area contributed by atoms with Gasteiger partial charge in [-0.3, -0.25) is 0 Å². The van der Waals surface area contributed by atoms with Crippen molar-refractivity contribution in [3.8, 4) is 0 Å². The Kier molecular flexibility index (Phi) is 4.46. The summed E-state index contributed by atoms with van der Waals surface area (Å²) in [6, 6.07) is -0.661. The van der Waals surface area contributed by atoms with Gasteiger partial charge in [-0.1, -0.05) is 18.0 Å². The van der Waals surface area contributed by atoms with Crippen molar-refractivity contribution in [2.24, 2.45) is 10.8 Å². The van der Waals surface area contributed by atoms with E-state index in [0.29, 0.717) is 0 Å². The molecule has 0 spiro atoms. The van der Waals surface area contributed by atoms with E-state index in [4.69, 9.17) is 17.3 Å². The summed E-state index contributed by atoms with van der Waals surface area (Å²) in [7, 11) is 0. The predicted octanol–water partition coefficient (Wildman–Crippen LogP) is 2.10. The summed E-state index contributed by atoms with van der Waals surface area (Å²) < 4.78 is 0. The van der Waals surface area contributed by atoms with E-state index in [0.717, 1.165) is 36.3 Å². The highest BCUT2D eigenvalue weighted by molar-refractivity contribution is 6.31. The molecule has 5 heteroatoms. The number of nitrogens with one attached hydrogen (secondary N) is 1. The van der Waals surface area contributed by atoms with Crippen molar-refractivity contribution in [2.75, 3.05) is 0 Å². The number of amides is 2. The van der Waals surface area contributed by atoms with Gasteiger partial charge in [0.2, 0.25) is 0 Å². The van der Waals surface area contributed by atoms with Gasteiger partial charge in [-0.2, -0.15) is 5.10 Å². The van der Waals surface area contributed by atoms with Crippen LogP contribution in [0.2, 0.25) is 0 Å². The zero-order valence-electron chi connectivity index (χ0n) is 7.92. The highest BCUT2D eigenvalue weighted by atomic mass is 35.5. The fourth-order valence-corrected chi connectivity index (χ4v) is 1.65. The summed E-state index contributed by atoms with van der Waals surface area (Å²) in [5, 5.41) is 4.54. The molecule has 0 radical (unpaired) electrons. The highest BCUT2D eigenvalue weighted by Gasteiger charge is 2.07. The zero-order chi connectivity index (χ0) is 10.4. The number of hydrazone groups is 1. The molecule has 0 aromatic carbocycles. The largest absolute Gasteiger partial charge is 0.350 e. The number of allylic oxidation sites excluding steroid dienone is 2. The van der Waals surface area contributed by atoms with Gasteiger partial charge in [-0.15, -0.1) is 0 Å². The van der Waals surface area contributed by atoms with Gasteiger partial charge in [0.15, 0.2) is 0 Å². The maximum absolute atomic E-state index is 10.3. The Labute approximate surface area is 88.2 Å². The van der Waals surface area contributed by atoms with E-state index in [2.05, 4.69) is 10.5 Å². The van der Waals surface area contributed by atoms with Gasteiger partial charge in [0, 0.05) is 5.03 Å². The van der Waals surface area contributed by atoms with Gasteiger partial charge in [-0.25, -0.2) is 10.2 Å². The van der Waals surface area contributed by atoms with E-state index < -0.39 is 6.03 Å². The Balaban J connectivity index is 2.55. The van der Waals surface area contributed by atoms with Crippen LogP contribution < -0.4 is 11.2 Å². The minimum absolute atomic E-state index is 0.661. The lowest BCUT2D eigenvalue weighted by molar-refractivity contribution is 0.249. The van der Waals surface area contributed by atoms with E-state index in [9.17, 15) is 4.79 Å². The Morgan fingerprint density at radius 1 is 1.43 bits per heavy atom. The number of hydrogen-bond acceptors (Lipinski definition) is 2. The molecule has 0 aliphatic heterocycles. The van der Waals surface area contributed by atoms with Gasteiger partial charge in [-0.05, 0) is 31.3 Å². The van der Waals surface area contributed by atoms with Crippen LogP contribution in [-0.4, -0.2) is 12.2 Å². The smallest absolute Gasteiger partial charge is 0.332 e. The van der Waals surface area contributed by atoms with E-state index in [-0.39, 0.29) is 0 Å². The highest BCUT2D eigenvalue weighted by Crippen LogP contribution is 2.24. The molecule has 0 aromatic heterocycles. The van der Waals surface area contributed by atoms with Crippen LogP contribution in [0.25, 0.3) is 0 Å². The van der Waals surface area contributed by atoms with Crippen molar-refractivity contribution < 1.29 is 4.79 Å². The summed E-state index contributed by atoms with van der Waals surface area (Å²) in [4.78, 5) is 10.3. The summed E-state index contributed by atoms with van der Waals surface area (Å²) in [6.45, 7) is 0. The van der Waals surface area contributed by atoms with Crippen molar-refractivity contribution in [3.05, 3.63) is 10.6 Å². The van der Waals surface area contributed by atoms with E-state index in [1.807, 2.05) is 0 Å². The molecule has 0 fully saturated rings. The molecule has 0 bridgehead atoms. The van der Waals surface area contributed by atoms with Crippen LogP contribution in [-0.2, 0) is 0 Å². The molecule has 1 rings (SSSR count). The van der Waals surface area contributed by atoms with Crippen molar-refractivity contribution in [3.63, 3.8) is 0 Å². The lowest BCUT2D eigenvalue weighted by Crippen LogP contribution is -2.24. The van der Waals surface area contributed by atoms with Crippen LogP contribution in [0.3, 0.4) is 0 Å². The fourth-order valence-electron chi connectivity index (χ4n) is 1.38. The number of hydrogen-bond donors (Lipinski definition) is 2. The molecule has 0 unspecified atom stereocenters. The third-order valence-corrected chi connectivity index (χ3v) is 2.52.